The fourth-order valence-corrected chi connectivity index (χ4v) is 4.69. The molecule has 146 valence electrons. The molecule has 0 bridgehead atoms. The third kappa shape index (κ3) is 3.81. The Kier molecular flexibility index (Phi) is 5.08. The second-order valence-corrected chi connectivity index (χ2v) is 8.23. The van der Waals surface area contributed by atoms with Gasteiger partial charge >= 0.3 is 6.03 Å². The molecule has 0 radical (unpaired) electrons. The number of likely N-dealkylation sites (tertiary alicyclic amines) is 3. The molecular formula is C21H29N3O3. The van der Waals surface area contributed by atoms with E-state index in [1.54, 1.807) is 0 Å². The maximum atomic E-state index is 12.7. The Morgan fingerprint density at radius 3 is 2.26 bits per heavy atom. The molecule has 3 aliphatic heterocycles. The van der Waals surface area contributed by atoms with Crippen LogP contribution < -0.4 is 0 Å². The van der Waals surface area contributed by atoms with Gasteiger partial charge in [0.15, 0.2) is 0 Å². The zero-order chi connectivity index (χ0) is 18.9. The lowest BCUT2D eigenvalue weighted by Crippen LogP contribution is -2.62. The van der Waals surface area contributed by atoms with Crippen molar-refractivity contribution in [3.05, 3.63) is 35.9 Å². The predicted molar refractivity (Wildman–Crippen MR) is 102 cm³/mol. The molecule has 6 heteroatoms. The smallest absolute Gasteiger partial charge is 0.320 e. The first-order chi connectivity index (χ1) is 13.0. The topological polar surface area (TPSA) is 64.1 Å². The highest BCUT2D eigenvalue weighted by Gasteiger charge is 2.47. The molecule has 0 spiro atoms. The maximum Gasteiger partial charge on any atom is 0.320 e. The van der Waals surface area contributed by atoms with Gasteiger partial charge in [0.05, 0.1) is 12.0 Å². The van der Waals surface area contributed by atoms with E-state index in [4.69, 9.17) is 0 Å². The summed E-state index contributed by atoms with van der Waals surface area (Å²) in [6.45, 7) is 3.96. The van der Waals surface area contributed by atoms with Crippen LogP contribution in [0.5, 0.6) is 0 Å². The molecule has 3 saturated heterocycles. The molecule has 1 N–H and O–H groups in total. The largest absolute Gasteiger partial charge is 0.389 e. The van der Waals surface area contributed by atoms with Gasteiger partial charge < -0.3 is 19.8 Å². The average molecular weight is 371 g/mol. The van der Waals surface area contributed by atoms with Gasteiger partial charge in [-0.05, 0) is 31.2 Å². The standard InChI is InChI=1S/C21H29N3O3/c25-19(14-17-6-2-1-3-7-17)23-12-8-21(27)9-13-24(16-18(21)15-23)20(26)22-10-4-5-11-22/h1-3,6-7,18,27H,4-5,8-16H2/t18-,21-/m1/s1. The number of urea groups is 1. The van der Waals surface area contributed by atoms with E-state index in [1.807, 2.05) is 45.0 Å². The number of amides is 3. The molecule has 3 heterocycles. The lowest BCUT2D eigenvalue weighted by molar-refractivity contribution is -0.144. The molecule has 0 unspecified atom stereocenters. The van der Waals surface area contributed by atoms with Crippen LogP contribution in [0.15, 0.2) is 30.3 Å². The van der Waals surface area contributed by atoms with Crippen molar-refractivity contribution in [2.24, 2.45) is 5.92 Å². The van der Waals surface area contributed by atoms with Crippen LogP contribution in [-0.4, -0.2) is 76.6 Å². The highest BCUT2D eigenvalue weighted by Crippen LogP contribution is 2.36. The van der Waals surface area contributed by atoms with E-state index in [2.05, 4.69) is 0 Å². The van der Waals surface area contributed by atoms with Crippen molar-refractivity contribution in [3.8, 4) is 0 Å². The first-order valence-corrected chi connectivity index (χ1v) is 10.1. The number of carbonyl (C=O) groups is 2. The van der Waals surface area contributed by atoms with Gasteiger partial charge in [-0.3, -0.25) is 4.79 Å². The average Bonchev–Trinajstić information content (AvgIpc) is 3.22. The highest BCUT2D eigenvalue weighted by molar-refractivity contribution is 5.79. The van der Waals surface area contributed by atoms with E-state index in [0.29, 0.717) is 45.4 Å². The quantitative estimate of drug-likeness (QED) is 0.861. The number of carbonyl (C=O) groups excluding carboxylic acids is 2. The van der Waals surface area contributed by atoms with Gasteiger partial charge in [0.1, 0.15) is 0 Å². The summed E-state index contributed by atoms with van der Waals surface area (Å²) in [6.07, 6.45) is 3.76. The Morgan fingerprint density at radius 1 is 0.926 bits per heavy atom. The molecule has 6 nitrogen and oxygen atoms in total. The number of aliphatic hydroxyl groups is 1. The second-order valence-electron chi connectivity index (χ2n) is 8.23. The third-order valence-corrected chi connectivity index (χ3v) is 6.47. The van der Waals surface area contributed by atoms with Crippen molar-refractivity contribution in [1.82, 2.24) is 14.7 Å². The van der Waals surface area contributed by atoms with Gasteiger partial charge in [-0.1, -0.05) is 30.3 Å². The Bertz CT molecular complexity index is 689. The van der Waals surface area contributed by atoms with Crippen molar-refractivity contribution >= 4 is 11.9 Å². The number of hydrogen-bond donors (Lipinski definition) is 1. The summed E-state index contributed by atoms with van der Waals surface area (Å²) in [5, 5.41) is 11.1. The number of fused-ring (bicyclic) bond motifs is 1. The van der Waals surface area contributed by atoms with Crippen LogP contribution >= 0.6 is 0 Å². The number of nitrogens with zero attached hydrogens (tertiary/aromatic N) is 3. The molecule has 3 amide bonds. The maximum absolute atomic E-state index is 12.7. The van der Waals surface area contributed by atoms with E-state index in [9.17, 15) is 14.7 Å². The third-order valence-electron chi connectivity index (χ3n) is 6.47. The van der Waals surface area contributed by atoms with Crippen LogP contribution in [0.4, 0.5) is 4.79 Å². The highest BCUT2D eigenvalue weighted by atomic mass is 16.3. The first-order valence-electron chi connectivity index (χ1n) is 10.1. The van der Waals surface area contributed by atoms with Crippen molar-refractivity contribution < 1.29 is 14.7 Å². The molecule has 1 aromatic rings. The van der Waals surface area contributed by atoms with E-state index in [0.717, 1.165) is 31.5 Å². The summed E-state index contributed by atoms with van der Waals surface area (Å²) in [5.74, 6) is 0.0394. The molecule has 0 aliphatic carbocycles. The van der Waals surface area contributed by atoms with Crippen molar-refractivity contribution in [1.29, 1.82) is 0 Å². The zero-order valence-corrected chi connectivity index (χ0v) is 15.8. The molecule has 2 atom stereocenters. The van der Waals surface area contributed by atoms with Crippen LogP contribution in [0.3, 0.4) is 0 Å². The van der Waals surface area contributed by atoms with Crippen molar-refractivity contribution in [3.63, 3.8) is 0 Å². The predicted octanol–water partition coefficient (Wildman–Crippen LogP) is 1.73. The minimum Gasteiger partial charge on any atom is -0.389 e. The van der Waals surface area contributed by atoms with Crippen LogP contribution in [0.2, 0.25) is 0 Å². The molecule has 0 aromatic heterocycles. The molecule has 0 saturated carbocycles. The van der Waals surface area contributed by atoms with Gasteiger partial charge in [0, 0.05) is 45.2 Å². The molecule has 4 rings (SSSR count). The van der Waals surface area contributed by atoms with E-state index in [-0.39, 0.29) is 17.9 Å². The lowest BCUT2D eigenvalue weighted by atomic mass is 9.75. The van der Waals surface area contributed by atoms with Crippen LogP contribution in [-0.2, 0) is 11.2 Å². The Labute approximate surface area is 160 Å². The van der Waals surface area contributed by atoms with Gasteiger partial charge in [-0.2, -0.15) is 0 Å². The van der Waals surface area contributed by atoms with Gasteiger partial charge in [-0.25, -0.2) is 4.79 Å². The SMILES string of the molecule is O=C(Cc1ccccc1)N1CC[C@@]2(O)CCN(C(=O)N3CCCC3)C[C@H]2C1. The van der Waals surface area contributed by atoms with Gasteiger partial charge in [0.25, 0.3) is 0 Å². The number of piperidine rings is 2. The molecular weight excluding hydrogens is 342 g/mol. The monoisotopic (exact) mass is 371 g/mol. The first kappa shape index (κ1) is 18.3. The second kappa shape index (κ2) is 7.50. The summed E-state index contributed by atoms with van der Waals surface area (Å²) >= 11 is 0. The lowest BCUT2D eigenvalue weighted by Gasteiger charge is -2.50. The molecule has 27 heavy (non-hydrogen) atoms. The minimum atomic E-state index is -0.745. The van der Waals surface area contributed by atoms with Crippen molar-refractivity contribution in [2.45, 2.75) is 37.7 Å². The Balaban J connectivity index is 1.39. The molecule has 3 aliphatic rings. The number of benzene rings is 1. The van der Waals surface area contributed by atoms with E-state index in [1.165, 1.54) is 0 Å². The normalized spacial score (nSPS) is 28.2. The van der Waals surface area contributed by atoms with Gasteiger partial charge in [0.2, 0.25) is 5.91 Å². The molecule has 3 fully saturated rings. The van der Waals surface area contributed by atoms with Crippen molar-refractivity contribution in [2.75, 3.05) is 39.3 Å². The van der Waals surface area contributed by atoms with Crippen LogP contribution in [0, 0.1) is 5.92 Å². The fourth-order valence-electron chi connectivity index (χ4n) is 4.69. The summed E-state index contributed by atoms with van der Waals surface area (Å²) in [4.78, 5) is 31.1. The van der Waals surface area contributed by atoms with Gasteiger partial charge in [-0.15, -0.1) is 0 Å². The van der Waals surface area contributed by atoms with E-state index >= 15 is 0 Å². The summed E-state index contributed by atoms with van der Waals surface area (Å²) in [7, 11) is 0. The fraction of sp³-hybridized carbons (Fsp3) is 0.619. The summed E-state index contributed by atoms with van der Waals surface area (Å²) in [6, 6.07) is 9.87. The minimum absolute atomic E-state index is 0.0636. The van der Waals surface area contributed by atoms with Crippen LogP contribution in [0.25, 0.3) is 0 Å². The summed E-state index contributed by atoms with van der Waals surface area (Å²) < 4.78 is 0. The zero-order valence-electron chi connectivity index (χ0n) is 15.8. The Hall–Kier alpha value is -2.08. The summed E-state index contributed by atoms with van der Waals surface area (Å²) in [5.41, 5.74) is 0.267. The Morgan fingerprint density at radius 2 is 1.56 bits per heavy atom. The number of rotatable bonds is 2. The number of hydrogen-bond acceptors (Lipinski definition) is 3. The van der Waals surface area contributed by atoms with Crippen LogP contribution in [0.1, 0.15) is 31.2 Å². The molecule has 1 aromatic carbocycles. The van der Waals surface area contributed by atoms with E-state index < -0.39 is 5.60 Å².